The second-order valence-electron chi connectivity index (χ2n) is 5.41. The Labute approximate surface area is 110 Å². The Bertz CT molecular complexity index is 330. The third-order valence-corrected chi connectivity index (χ3v) is 4.24. The smallest absolute Gasteiger partial charge is 0.239 e. The zero-order valence-electron chi connectivity index (χ0n) is 11.3. The van der Waals surface area contributed by atoms with E-state index in [2.05, 4.69) is 11.0 Å². The van der Waals surface area contributed by atoms with Gasteiger partial charge in [-0.3, -0.25) is 9.69 Å². The molecule has 0 bridgehead atoms. The molecule has 1 amide bonds. The highest BCUT2D eigenvalue weighted by Gasteiger charge is 2.33. The number of rotatable bonds is 3. The third kappa shape index (κ3) is 2.84. The van der Waals surface area contributed by atoms with Crippen molar-refractivity contribution >= 4 is 5.91 Å². The van der Waals surface area contributed by atoms with Crippen molar-refractivity contribution in [2.45, 2.75) is 45.1 Å². The lowest BCUT2D eigenvalue weighted by molar-refractivity contribution is -0.132. The van der Waals surface area contributed by atoms with Crippen LogP contribution in [0.2, 0.25) is 0 Å². The van der Waals surface area contributed by atoms with Crippen LogP contribution in [-0.4, -0.2) is 47.9 Å². The highest BCUT2D eigenvalue weighted by Crippen LogP contribution is 2.21. The summed E-state index contributed by atoms with van der Waals surface area (Å²) in [4.78, 5) is 16.6. The molecule has 0 radical (unpaired) electrons. The molecule has 0 saturated carbocycles. The normalized spacial score (nSPS) is 26.9. The minimum Gasteiger partial charge on any atom is -0.340 e. The van der Waals surface area contributed by atoms with E-state index in [0.29, 0.717) is 12.5 Å². The van der Waals surface area contributed by atoms with Gasteiger partial charge in [0.2, 0.25) is 5.91 Å². The molecule has 0 aromatic carbocycles. The van der Waals surface area contributed by atoms with E-state index >= 15 is 0 Å². The number of likely N-dealkylation sites (tertiary alicyclic amines) is 2. The largest absolute Gasteiger partial charge is 0.340 e. The van der Waals surface area contributed by atoms with Gasteiger partial charge in [-0.1, -0.05) is 13.3 Å². The van der Waals surface area contributed by atoms with Gasteiger partial charge in [0, 0.05) is 19.1 Å². The molecule has 2 fully saturated rings. The fourth-order valence-corrected chi connectivity index (χ4v) is 3.07. The molecule has 0 spiro atoms. The lowest BCUT2D eigenvalue weighted by atomic mass is 10.1. The summed E-state index contributed by atoms with van der Waals surface area (Å²) in [6.45, 7) is 5.93. The molecule has 2 saturated heterocycles. The second kappa shape index (κ2) is 6.19. The monoisotopic (exact) mass is 249 g/mol. The van der Waals surface area contributed by atoms with Crippen LogP contribution in [0.4, 0.5) is 0 Å². The number of nitriles is 1. The van der Waals surface area contributed by atoms with Gasteiger partial charge in [0.15, 0.2) is 0 Å². The van der Waals surface area contributed by atoms with Crippen molar-refractivity contribution in [3.8, 4) is 6.07 Å². The van der Waals surface area contributed by atoms with Gasteiger partial charge in [0.1, 0.15) is 5.92 Å². The van der Waals surface area contributed by atoms with Gasteiger partial charge < -0.3 is 4.90 Å². The SMILES string of the molecule is CCC(C#N)C(=O)N1CCC(N2CCCCC2)C1. The molecular formula is C14H23N3O. The van der Waals surface area contributed by atoms with E-state index in [4.69, 9.17) is 5.26 Å². The molecule has 2 unspecified atom stereocenters. The second-order valence-corrected chi connectivity index (χ2v) is 5.41. The summed E-state index contributed by atoms with van der Waals surface area (Å²) in [5, 5.41) is 8.96. The van der Waals surface area contributed by atoms with Gasteiger partial charge in [-0.15, -0.1) is 0 Å². The predicted molar refractivity (Wildman–Crippen MR) is 69.8 cm³/mol. The standard InChI is InChI=1S/C14H23N3O/c1-2-12(10-15)14(18)17-9-6-13(11-17)16-7-4-3-5-8-16/h12-13H,2-9,11H2,1H3. The molecule has 4 heteroatoms. The Morgan fingerprint density at radius 1 is 1.33 bits per heavy atom. The highest BCUT2D eigenvalue weighted by atomic mass is 16.2. The molecule has 0 aromatic rings. The number of carbonyl (C=O) groups excluding carboxylic acids is 1. The number of piperidine rings is 1. The average Bonchev–Trinajstić information content (AvgIpc) is 2.90. The zero-order chi connectivity index (χ0) is 13.0. The summed E-state index contributed by atoms with van der Waals surface area (Å²) in [5.74, 6) is -0.399. The lowest BCUT2D eigenvalue weighted by Gasteiger charge is -2.32. The van der Waals surface area contributed by atoms with Gasteiger partial charge >= 0.3 is 0 Å². The van der Waals surface area contributed by atoms with Crippen molar-refractivity contribution in [1.82, 2.24) is 9.80 Å². The van der Waals surface area contributed by atoms with E-state index in [0.717, 1.165) is 19.5 Å². The molecule has 0 N–H and O–H groups in total. The summed E-state index contributed by atoms with van der Waals surface area (Å²) in [6, 6.07) is 2.65. The van der Waals surface area contributed by atoms with E-state index in [-0.39, 0.29) is 5.91 Å². The van der Waals surface area contributed by atoms with E-state index < -0.39 is 5.92 Å². The van der Waals surface area contributed by atoms with Crippen LogP contribution in [0, 0.1) is 17.2 Å². The number of hydrogen-bond acceptors (Lipinski definition) is 3. The maximum absolute atomic E-state index is 12.1. The van der Waals surface area contributed by atoms with Crippen LogP contribution in [0.3, 0.4) is 0 Å². The zero-order valence-corrected chi connectivity index (χ0v) is 11.3. The summed E-state index contributed by atoms with van der Waals surface area (Å²) in [6.07, 6.45) is 5.63. The van der Waals surface area contributed by atoms with Gasteiger partial charge in [-0.05, 0) is 38.8 Å². The topological polar surface area (TPSA) is 47.3 Å². The Balaban J connectivity index is 1.87. The van der Waals surface area contributed by atoms with Crippen LogP contribution >= 0.6 is 0 Å². The first-order valence-electron chi connectivity index (χ1n) is 7.18. The molecule has 2 atom stereocenters. The van der Waals surface area contributed by atoms with E-state index in [1.54, 1.807) is 0 Å². The molecule has 4 nitrogen and oxygen atoms in total. The first-order valence-corrected chi connectivity index (χ1v) is 7.18. The van der Waals surface area contributed by atoms with Crippen molar-refractivity contribution in [3.63, 3.8) is 0 Å². The third-order valence-electron chi connectivity index (χ3n) is 4.24. The minimum absolute atomic E-state index is 0.0412. The average molecular weight is 249 g/mol. The van der Waals surface area contributed by atoms with Gasteiger partial charge in [-0.2, -0.15) is 5.26 Å². The van der Waals surface area contributed by atoms with Crippen molar-refractivity contribution in [3.05, 3.63) is 0 Å². The fraction of sp³-hybridized carbons (Fsp3) is 0.857. The van der Waals surface area contributed by atoms with Crippen LogP contribution < -0.4 is 0 Å². The molecule has 2 rings (SSSR count). The molecule has 2 aliphatic heterocycles. The van der Waals surface area contributed by atoms with Crippen molar-refractivity contribution < 1.29 is 4.79 Å². The first-order chi connectivity index (χ1) is 8.76. The fourth-order valence-electron chi connectivity index (χ4n) is 3.07. The lowest BCUT2D eigenvalue weighted by Crippen LogP contribution is -2.42. The van der Waals surface area contributed by atoms with E-state index in [9.17, 15) is 4.79 Å². The minimum atomic E-state index is -0.440. The van der Waals surface area contributed by atoms with Crippen molar-refractivity contribution in [2.75, 3.05) is 26.2 Å². The van der Waals surface area contributed by atoms with Crippen LogP contribution in [0.25, 0.3) is 0 Å². The molecule has 2 aliphatic rings. The van der Waals surface area contributed by atoms with Crippen molar-refractivity contribution in [1.29, 1.82) is 5.26 Å². The summed E-state index contributed by atoms with van der Waals surface area (Å²) < 4.78 is 0. The molecule has 2 heterocycles. The van der Waals surface area contributed by atoms with Crippen LogP contribution in [0.15, 0.2) is 0 Å². The van der Waals surface area contributed by atoms with E-state index in [1.807, 2.05) is 11.8 Å². The Morgan fingerprint density at radius 3 is 2.67 bits per heavy atom. The van der Waals surface area contributed by atoms with Crippen LogP contribution in [-0.2, 0) is 4.79 Å². The van der Waals surface area contributed by atoms with Gasteiger partial charge in [0.25, 0.3) is 0 Å². The number of amides is 1. The summed E-state index contributed by atoms with van der Waals surface area (Å²) in [5.41, 5.74) is 0. The molecule has 0 aliphatic carbocycles. The van der Waals surface area contributed by atoms with Gasteiger partial charge in [0.05, 0.1) is 6.07 Å². The number of carbonyl (C=O) groups is 1. The Hall–Kier alpha value is -1.08. The molecule has 18 heavy (non-hydrogen) atoms. The maximum atomic E-state index is 12.1. The maximum Gasteiger partial charge on any atom is 0.239 e. The van der Waals surface area contributed by atoms with E-state index in [1.165, 1.54) is 32.4 Å². The van der Waals surface area contributed by atoms with Gasteiger partial charge in [-0.25, -0.2) is 0 Å². The Kier molecular flexibility index (Phi) is 4.60. The quantitative estimate of drug-likeness (QED) is 0.763. The summed E-state index contributed by atoms with van der Waals surface area (Å²) in [7, 11) is 0. The van der Waals surface area contributed by atoms with Crippen LogP contribution in [0.1, 0.15) is 39.0 Å². The molecular weight excluding hydrogens is 226 g/mol. The molecule has 0 aromatic heterocycles. The predicted octanol–water partition coefficient (Wildman–Crippen LogP) is 1.62. The number of nitrogens with zero attached hydrogens (tertiary/aromatic N) is 3. The number of hydrogen-bond donors (Lipinski definition) is 0. The van der Waals surface area contributed by atoms with Crippen LogP contribution in [0.5, 0.6) is 0 Å². The molecule has 100 valence electrons. The first kappa shape index (κ1) is 13.4. The summed E-state index contributed by atoms with van der Waals surface area (Å²) >= 11 is 0. The Morgan fingerprint density at radius 2 is 2.06 bits per heavy atom. The van der Waals surface area contributed by atoms with Crippen molar-refractivity contribution in [2.24, 2.45) is 5.92 Å². The highest BCUT2D eigenvalue weighted by molar-refractivity contribution is 5.81.